The minimum absolute atomic E-state index is 0.0451. The SMILES string of the molecule is CN1c2ccc3ccccc3c2OCC1CO. The molecule has 0 aliphatic carbocycles. The number of anilines is 1. The first-order valence-corrected chi connectivity index (χ1v) is 5.79. The number of rotatable bonds is 1. The number of hydrogen-bond donors (Lipinski definition) is 1. The molecule has 0 radical (unpaired) electrons. The molecule has 1 unspecified atom stereocenters. The first-order valence-electron chi connectivity index (χ1n) is 5.79. The molecule has 88 valence electrons. The van der Waals surface area contributed by atoms with Gasteiger partial charge in [-0.15, -0.1) is 0 Å². The Morgan fingerprint density at radius 2 is 2.12 bits per heavy atom. The third kappa shape index (κ3) is 1.54. The van der Waals surface area contributed by atoms with Crippen molar-refractivity contribution in [2.24, 2.45) is 0 Å². The van der Waals surface area contributed by atoms with Gasteiger partial charge in [-0.3, -0.25) is 0 Å². The third-order valence-corrected chi connectivity index (χ3v) is 3.42. The van der Waals surface area contributed by atoms with Crippen molar-refractivity contribution < 1.29 is 9.84 Å². The van der Waals surface area contributed by atoms with Crippen molar-refractivity contribution in [1.82, 2.24) is 0 Å². The van der Waals surface area contributed by atoms with Crippen molar-refractivity contribution in [2.75, 3.05) is 25.2 Å². The summed E-state index contributed by atoms with van der Waals surface area (Å²) in [7, 11) is 2.00. The van der Waals surface area contributed by atoms with E-state index in [4.69, 9.17) is 4.74 Å². The van der Waals surface area contributed by atoms with Crippen LogP contribution in [-0.2, 0) is 0 Å². The molecule has 0 bridgehead atoms. The van der Waals surface area contributed by atoms with Gasteiger partial charge in [-0.1, -0.05) is 30.3 Å². The maximum absolute atomic E-state index is 9.28. The van der Waals surface area contributed by atoms with E-state index in [1.165, 1.54) is 5.39 Å². The van der Waals surface area contributed by atoms with Gasteiger partial charge in [0.15, 0.2) is 5.75 Å². The zero-order valence-electron chi connectivity index (χ0n) is 9.76. The molecule has 17 heavy (non-hydrogen) atoms. The van der Waals surface area contributed by atoms with Crippen LogP contribution in [0.4, 0.5) is 5.69 Å². The van der Waals surface area contributed by atoms with E-state index in [1.807, 2.05) is 19.2 Å². The van der Waals surface area contributed by atoms with E-state index < -0.39 is 0 Å². The summed E-state index contributed by atoms with van der Waals surface area (Å²) >= 11 is 0. The lowest BCUT2D eigenvalue weighted by Crippen LogP contribution is -2.42. The monoisotopic (exact) mass is 229 g/mol. The molecule has 1 heterocycles. The molecule has 3 nitrogen and oxygen atoms in total. The molecule has 0 fully saturated rings. The van der Waals surface area contributed by atoms with E-state index in [-0.39, 0.29) is 12.6 Å². The van der Waals surface area contributed by atoms with Gasteiger partial charge in [0.05, 0.1) is 18.3 Å². The predicted molar refractivity (Wildman–Crippen MR) is 68.7 cm³/mol. The van der Waals surface area contributed by atoms with Crippen LogP contribution in [0.25, 0.3) is 10.8 Å². The molecule has 0 amide bonds. The second-order valence-electron chi connectivity index (χ2n) is 4.39. The molecule has 1 aliphatic heterocycles. The second-order valence-corrected chi connectivity index (χ2v) is 4.39. The number of aliphatic hydroxyl groups excluding tert-OH is 1. The summed E-state index contributed by atoms with van der Waals surface area (Å²) in [6.45, 7) is 0.650. The Labute approximate surface area is 100 Å². The fraction of sp³-hybridized carbons (Fsp3) is 0.286. The van der Waals surface area contributed by atoms with Crippen LogP contribution in [0.1, 0.15) is 0 Å². The molecular formula is C14H15NO2. The topological polar surface area (TPSA) is 32.7 Å². The highest BCUT2D eigenvalue weighted by molar-refractivity contribution is 5.94. The van der Waals surface area contributed by atoms with Crippen molar-refractivity contribution >= 4 is 16.5 Å². The molecule has 0 saturated heterocycles. The summed E-state index contributed by atoms with van der Waals surface area (Å²) in [6, 6.07) is 12.4. The Morgan fingerprint density at radius 3 is 2.94 bits per heavy atom. The molecule has 0 saturated carbocycles. The van der Waals surface area contributed by atoms with Gasteiger partial charge in [-0.2, -0.15) is 0 Å². The Morgan fingerprint density at radius 1 is 1.29 bits per heavy atom. The van der Waals surface area contributed by atoms with Gasteiger partial charge in [0.25, 0.3) is 0 Å². The molecule has 0 spiro atoms. The maximum Gasteiger partial charge on any atom is 0.150 e. The Kier molecular flexibility index (Phi) is 2.41. The molecular weight excluding hydrogens is 214 g/mol. The van der Waals surface area contributed by atoms with E-state index in [0.717, 1.165) is 16.8 Å². The fourth-order valence-electron chi connectivity index (χ4n) is 2.32. The molecule has 3 heteroatoms. The van der Waals surface area contributed by atoms with Crippen LogP contribution in [0.2, 0.25) is 0 Å². The fourth-order valence-corrected chi connectivity index (χ4v) is 2.32. The summed E-state index contributed by atoms with van der Waals surface area (Å²) in [5.74, 6) is 0.926. The predicted octanol–water partition coefficient (Wildman–Crippen LogP) is 2.03. The Balaban J connectivity index is 2.19. The number of ether oxygens (including phenoxy) is 1. The van der Waals surface area contributed by atoms with Crippen molar-refractivity contribution in [3.63, 3.8) is 0 Å². The van der Waals surface area contributed by atoms with Crippen molar-refractivity contribution in [2.45, 2.75) is 6.04 Å². The van der Waals surface area contributed by atoms with E-state index in [0.29, 0.717) is 6.61 Å². The lowest BCUT2D eigenvalue weighted by Gasteiger charge is -2.35. The van der Waals surface area contributed by atoms with Gasteiger partial charge >= 0.3 is 0 Å². The average Bonchev–Trinajstić information content (AvgIpc) is 2.39. The molecule has 3 rings (SSSR count). The standard InChI is InChI=1S/C14H15NO2/c1-15-11(8-16)9-17-14-12-5-3-2-4-10(12)6-7-13(14)15/h2-7,11,16H,8-9H2,1H3. The number of nitrogens with zero attached hydrogens (tertiary/aromatic N) is 1. The van der Waals surface area contributed by atoms with Crippen molar-refractivity contribution in [3.05, 3.63) is 36.4 Å². The van der Waals surface area contributed by atoms with Crippen LogP contribution < -0.4 is 9.64 Å². The first-order chi connectivity index (χ1) is 8.31. The summed E-state index contributed by atoms with van der Waals surface area (Å²) in [6.07, 6.45) is 0. The zero-order valence-corrected chi connectivity index (χ0v) is 9.76. The number of hydrogen-bond acceptors (Lipinski definition) is 3. The molecule has 2 aromatic carbocycles. The van der Waals surface area contributed by atoms with Gasteiger partial charge in [-0.25, -0.2) is 0 Å². The van der Waals surface area contributed by atoms with Gasteiger partial charge in [-0.05, 0) is 11.5 Å². The van der Waals surface area contributed by atoms with E-state index >= 15 is 0 Å². The van der Waals surface area contributed by atoms with E-state index in [9.17, 15) is 5.11 Å². The van der Waals surface area contributed by atoms with Gasteiger partial charge in [0.2, 0.25) is 0 Å². The first kappa shape index (κ1) is 10.4. The van der Waals surface area contributed by atoms with Crippen LogP contribution in [-0.4, -0.2) is 31.4 Å². The van der Waals surface area contributed by atoms with Gasteiger partial charge in [0, 0.05) is 12.4 Å². The molecule has 1 N–H and O–H groups in total. The summed E-state index contributed by atoms with van der Waals surface area (Å²) in [5, 5.41) is 11.6. The third-order valence-electron chi connectivity index (χ3n) is 3.42. The van der Waals surface area contributed by atoms with Gasteiger partial charge < -0.3 is 14.7 Å². The Bertz CT molecular complexity index is 553. The highest BCUT2D eigenvalue weighted by Crippen LogP contribution is 2.39. The number of fused-ring (bicyclic) bond motifs is 3. The van der Waals surface area contributed by atoms with Crippen LogP contribution in [0.5, 0.6) is 5.75 Å². The highest BCUT2D eigenvalue weighted by Gasteiger charge is 2.25. The minimum atomic E-state index is 0.0451. The van der Waals surface area contributed by atoms with Crippen LogP contribution >= 0.6 is 0 Å². The van der Waals surface area contributed by atoms with Crippen LogP contribution in [0, 0.1) is 0 Å². The zero-order chi connectivity index (χ0) is 11.8. The maximum atomic E-state index is 9.28. The lowest BCUT2D eigenvalue weighted by molar-refractivity contribution is 0.193. The second kappa shape index (κ2) is 3.93. The summed E-state index contributed by atoms with van der Waals surface area (Å²) < 4.78 is 5.81. The molecule has 1 atom stereocenters. The summed E-state index contributed by atoms with van der Waals surface area (Å²) in [5.41, 5.74) is 1.05. The molecule has 2 aromatic rings. The van der Waals surface area contributed by atoms with E-state index in [1.54, 1.807) is 0 Å². The van der Waals surface area contributed by atoms with Crippen LogP contribution in [0.3, 0.4) is 0 Å². The quantitative estimate of drug-likeness (QED) is 0.812. The van der Waals surface area contributed by atoms with Crippen LogP contribution in [0.15, 0.2) is 36.4 Å². The molecule has 0 aromatic heterocycles. The number of aliphatic hydroxyl groups is 1. The highest BCUT2D eigenvalue weighted by atomic mass is 16.5. The normalized spacial score (nSPS) is 18.9. The van der Waals surface area contributed by atoms with Crippen molar-refractivity contribution in [1.29, 1.82) is 0 Å². The van der Waals surface area contributed by atoms with Crippen molar-refractivity contribution in [3.8, 4) is 5.75 Å². The van der Waals surface area contributed by atoms with E-state index in [2.05, 4.69) is 29.2 Å². The lowest BCUT2D eigenvalue weighted by atomic mass is 10.1. The molecule has 1 aliphatic rings. The number of benzene rings is 2. The minimum Gasteiger partial charge on any atom is -0.489 e. The smallest absolute Gasteiger partial charge is 0.150 e. The Hall–Kier alpha value is -1.74. The largest absolute Gasteiger partial charge is 0.489 e. The van der Waals surface area contributed by atoms with Gasteiger partial charge in [0.1, 0.15) is 6.61 Å². The summed E-state index contributed by atoms with van der Waals surface area (Å²) in [4.78, 5) is 2.09. The average molecular weight is 229 g/mol. The number of likely N-dealkylation sites (N-methyl/N-ethyl adjacent to an activating group) is 1.